The van der Waals surface area contributed by atoms with Gasteiger partial charge in [-0.2, -0.15) is 5.10 Å². The molecular weight excluding hydrogens is 216 g/mol. The molecule has 0 saturated heterocycles. The molecule has 5 heteroatoms. The van der Waals surface area contributed by atoms with E-state index >= 15 is 0 Å². The Kier molecular flexibility index (Phi) is 5.15. The fourth-order valence-corrected chi connectivity index (χ4v) is 1.55. The SMILES string of the molecule is CCC(CN)CC(=O)Nc1cc(C(C)C)[nH]n1. The highest BCUT2D eigenvalue weighted by Crippen LogP contribution is 2.15. The Morgan fingerprint density at radius 1 is 1.59 bits per heavy atom. The number of carbonyl (C=O) groups excluding carboxylic acids is 1. The van der Waals surface area contributed by atoms with Crippen molar-refractivity contribution in [2.24, 2.45) is 11.7 Å². The minimum absolute atomic E-state index is 0.0240. The molecule has 0 saturated carbocycles. The molecule has 0 aliphatic carbocycles. The van der Waals surface area contributed by atoms with Crippen LogP contribution in [0.2, 0.25) is 0 Å². The van der Waals surface area contributed by atoms with Crippen LogP contribution in [-0.2, 0) is 4.79 Å². The summed E-state index contributed by atoms with van der Waals surface area (Å²) in [6.45, 7) is 6.72. The van der Waals surface area contributed by atoms with Crippen molar-refractivity contribution >= 4 is 11.7 Å². The predicted molar refractivity (Wildman–Crippen MR) is 68.8 cm³/mol. The molecule has 0 aliphatic heterocycles. The first-order valence-corrected chi connectivity index (χ1v) is 6.12. The van der Waals surface area contributed by atoms with Crippen LogP contribution in [0.4, 0.5) is 5.82 Å². The molecule has 5 nitrogen and oxygen atoms in total. The quantitative estimate of drug-likeness (QED) is 0.707. The van der Waals surface area contributed by atoms with E-state index in [9.17, 15) is 4.79 Å². The maximum Gasteiger partial charge on any atom is 0.225 e. The maximum atomic E-state index is 11.7. The molecule has 1 aromatic heterocycles. The van der Waals surface area contributed by atoms with Crippen LogP contribution in [-0.4, -0.2) is 22.6 Å². The molecule has 1 aromatic rings. The summed E-state index contributed by atoms with van der Waals surface area (Å²) in [6, 6.07) is 1.87. The summed E-state index contributed by atoms with van der Waals surface area (Å²) in [5, 5.41) is 9.73. The number of rotatable bonds is 6. The van der Waals surface area contributed by atoms with Crippen LogP contribution in [0, 0.1) is 5.92 Å². The van der Waals surface area contributed by atoms with E-state index in [1.54, 1.807) is 0 Å². The highest BCUT2D eigenvalue weighted by molar-refractivity contribution is 5.89. The van der Waals surface area contributed by atoms with E-state index in [0.717, 1.165) is 12.1 Å². The summed E-state index contributed by atoms with van der Waals surface area (Å²) < 4.78 is 0. The van der Waals surface area contributed by atoms with Crippen LogP contribution < -0.4 is 11.1 Å². The van der Waals surface area contributed by atoms with Crippen molar-refractivity contribution in [3.63, 3.8) is 0 Å². The summed E-state index contributed by atoms with van der Waals surface area (Å²) in [4.78, 5) is 11.7. The molecule has 1 atom stereocenters. The number of anilines is 1. The number of hydrogen-bond acceptors (Lipinski definition) is 3. The number of nitrogens with zero attached hydrogens (tertiary/aromatic N) is 1. The Labute approximate surface area is 102 Å². The van der Waals surface area contributed by atoms with Crippen LogP contribution >= 0.6 is 0 Å². The zero-order valence-electron chi connectivity index (χ0n) is 10.8. The zero-order valence-corrected chi connectivity index (χ0v) is 10.8. The third-order valence-corrected chi connectivity index (χ3v) is 2.87. The summed E-state index contributed by atoms with van der Waals surface area (Å²) in [5.41, 5.74) is 6.59. The minimum atomic E-state index is -0.0240. The van der Waals surface area contributed by atoms with E-state index in [1.165, 1.54) is 0 Å². The van der Waals surface area contributed by atoms with Gasteiger partial charge in [0.25, 0.3) is 0 Å². The number of carbonyl (C=O) groups is 1. The highest BCUT2D eigenvalue weighted by Gasteiger charge is 2.12. The Bertz CT molecular complexity index is 355. The molecule has 0 radical (unpaired) electrons. The first-order valence-electron chi connectivity index (χ1n) is 6.12. The lowest BCUT2D eigenvalue weighted by molar-refractivity contribution is -0.117. The van der Waals surface area contributed by atoms with Crippen molar-refractivity contribution < 1.29 is 4.79 Å². The van der Waals surface area contributed by atoms with E-state index in [0.29, 0.717) is 24.7 Å². The van der Waals surface area contributed by atoms with Gasteiger partial charge in [0.05, 0.1) is 0 Å². The monoisotopic (exact) mass is 238 g/mol. The van der Waals surface area contributed by atoms with Gasteiger partial charge in [0.15, 0.2) is 5.82 Å². The second-order valence-electron chi connectivity index (χ2n) is 4.63. The molecule has 0 fully saturated rings. The lowest BCUT2D eigenvalue weighted by atomic mass is 10.0. The Balaban J connectivity index is 2.50. The van der Waals surface area contributed by atoms with E-state index in [2.05, 4.69) is 29.4 Å². The van der Waals surface area contributed by atoms with E-state index in [-0.39, 0.29) is 11.8 Å². The van der Waals surface area contributed by atoms with Crippen molar-refractivity contribution in [2.75, 3.05) is 11.9 Å². The first-order chi connectivity index (χ1) is 8.06. The van der Waals surface area contributed by atoms with Gasteiger partial charge in [0, 0.05) is 18.2 Å². The van der Waals surface area contributed by atoms with Gasteiger partial charge in [-0.05, 0) is 18.4 Å². The Hall–Kier alpha value is -1.36. The average molecular weight is 238 g/mol. The van der Waals surface area contributed by atoms with Gasteiger partial charge in [-0.3, -0.25) is 9.89 Å². The second-order valence-corrected chi connectivity index (χ2v) is 4.63. The number of hydrogen-bond donors (Lipinski definition) is 3. The number of H-pyrrole nitrogens is 1. The smallest absolute Gasteiger partial charge is 0.225 e. The van der Waals surface area contributed by atoms with E-state index < -0.39 is 0 Å². The minimum Gasteiger partial charge on any atom is -0.330 e. The third kappa shape index (κ3) is 4.19. The normalized spacial score (nSPS) is 12.8. The van der Waals surface area contributed by atoms with E-state index in [1.807, 2.05) is 13.0 Å². The van der Waals surface area contributed by atoms with Gasteiger partial charge in [-0.1, -0.05) is 27.2 Å². The molecule has 96 valence electrons. The van der Waals surface area contributed by atoms with Gasteiger partial charge >= 0.3 is 0 Å². The third-order valence-electron chi connectivity index (χ3n) is 2.87. The first kappa shape index (κ1) is 13.7. The van der Waals surface area contributed by atoms with Crippen LogP contribution in [0.1, 0.15) is 45.2 Å². The van der Waals surface area contributed by atoms with Crippen molar-refractivity contribution in [1.82, 2.24) is 10.2 Å². The van der Waals surface area contributed by atoms with Gasteiger partial charge in [0.1, 0.15) is 0 Å². The second kappa shape index (κ2) is 6.39. The van der Waals surface area contributed by atoms with Gasteiger partial charge in [-0.25, -0.2) is 0 Å². The highest BCUT2D eigenvalue weighted by atomic mass is 16.1. The van der Waals surface area contributed by atoms with Crippen molar-refractivity contribution in [1.29, 1.82) is 0 Å². The molecule has 0 spiro atoms. The summed E-state index contributed by atoms with van der Waals surface area (Å²) in [6.07, 6.45) is 1.37. The van der Waals surface area contributed by atoms with Crippen LogP contribution in [0.3, 0.4) is 0 Å². The molecule has 1 amide bonds. The lowest BCUT2D eigenvalue weighted by Gasteiger charge is -2.10. The summed E-state index contributed by atoms with van der Waals surface area (Å²) in [5.74, 6) is 1.19. The van der Waals surface area contributed by atoms with Crippen molar-refractivity contribution in [2.45, 2.75) is 39.5 Å². The molecule has 4 N–H and O–H groups in total. The van der Waals surface area contributed by atoms with Gasteiger partial charge in [0.2, 0.25) is 5.91 Å². The summed E-state index contributed by atoms with van der Waals surface area (Å²) in [7, 11) is 0. The van der Waals surface area contributed by atoms with Gasteiger partial charge in [-0.15, -0.1) is 0 Å². The standard InChI is InChI=1S/C12H22N4O/c1-4-9(7-13)5-12(17)14-11-6-10(8(2)3)15-16-11/h6,8-9H,4-5,7,13H2,1-3H3,(H2,14,15,16,17). The maximum absolute atomic E-state index is 11.7. The molecule has 1 unspecified atom stereocenters. The fraction of sp³-hybridized carbons (Fsp3) is 0.667. The molecule has 0 bridgehead atoms. The number of nitrogens with one attached hydrogen (secondary N) is 2. The number of amides is 1. The van der Waals surface area contributed by atoms with Crippen LogP contribution in [0.15, 0.2) is 6.07 Å². The van der Waals surface area contributed by atoms with Crippen molar-refractivity contribution in [3.8, 4) is 0 Å². The fourth-order valence-electron chi connectivity index (χ4n) is 1.55. The topological polar surface area (TPSA) is 83.8 Å². The number of aromatic nitrogens is 2. The number of aromatic amines is 1. The molecule has 17 heavy (non-hydrogen) atoms. The molecule has 1 heterocycles. The Morgan fingerprint density at radius 2 is 2.29 bits per heavy atom. The largest absolute Gasteiger partial charge is 0.330 e. The predicted octanol–water partition coefficient (Wildman–Crippen LogP) is 1.85. The molecule has 0 aromatic carbocycles. The summed E-state index contributed by atoms with van der Waals surface area (Å²) >= 11 is 0. The van der Waals surface area contributed by atoms with Crippen LogP contribution in [0.25, 0.3) is 0 Å². The number of nitrogens with two attached hydrogens (primary N) is 1. The van der Waals surface area contributed by atoms with E-state index in [4.69, 9.17) is 5.73 Å². The lowest BCUT2D eigenvalue weighted by Crippen LogP contribution is -2.21. The van der Waals surface area contributed by atoms with Crippen molar-refractivity contribution in [3.05, 3.63) is 11.8 Å². The van der Waals surface area contributed by atoms with Gasteiger partial charge < -0.3 is 11.1 Å². The molecule has 0 aliphatic rings. The molecule has 1 rings (SSSR count). The zero-order chi connectivity index (χ0) is 12.8. The molecular formula is C12H22N4O. The van der Waals surface area contributed by atoms with Crippen LogP contribution in [0.5, 0.6) is 0 Å². The average Bonchev–Trinajstić information content (AvgIpc) is 2.74. The Morgan fingerprint density at radius 3 is 2.76 bits per heavy atom.